The normalized spacial score (nSPS) is 17.4. The Morgan fingerprint density at radius 3 is 2.80 bits per heavy atom. The van der Waals surface area contributed by atoms with Crippen LogP contribution in [0.25, 0.3) is 0 Å². The molecule has 2 amide bonds. The number of nitrogens with one attached hydrogen (secondary N) is 1. The van der Waals surface area contributed by atoms with Gasteiger partial charge in [0.15, 0.2) is 0 Å². The molecule has 2 aliphatic heterocycles. The van der Waals surface area contributed by atoms with E-state index in [1.807, 2.05) is 22.9 Å². The summed E-state index contributed by atoms with van der Waals surface area (Å²) >= 11 is 0. The molecule has 1 N–H and O–H groups in total. The lowest BCUT2D eigenvalue weighted by molar-refractivity contribution is 0.0716. The molecule has 2 aromatic rings. The molecule has 8 heteroatoms. The zero-order chi connectivity index (χ0) is 21.1. The zero-order valence-electron chi connectivity index (χ0n) is 17.6. The third kappa shape index (κ3) is 3.97. The number of carbonyl (C=O) groups excluding carboxylic acids is 2. The van der Waals surface area contributed by atoms with Crippen LogP contribution in [0.15, 0.2) is 30.5 Å². The summed E-state index contributed by atoms with van der Waals surface area (Å²) in [5.74, 6) is 0.281. The van der Waals surface area contributed by atoms with E-state index < -0.39 is 0 Å². The lowest BCUT2D eigenvalue weighted by Gasteiger charge is -2.31. The maximum absolute atomic E-state index is 13.1. The molecule has 0 aliphatic carbocycles. The van der Waals surface area contributed by atoms with Gasteiger partial charge in [0.1, 0.15) is 5.82 Å². The topological polar surface area (TPSA) is 79.7 Å². The van der Waals surface area contributed by atoms with E-state index in [0.717, 1.165) is 38.0 Å². The van der Waals surface area contributed by atoms with E-state index in [2.05, 4.69) is 22.2 Å². The molecule has 1 aromatic heterocycles. The number of amides is 2. The molecule has 1 aromatic carbocycles. The van der Waals surface area contributed by atoms with Crippen LogP contribution in [0, 0.1) is 0 Å². The van der Waals surface area contributed by atoms with Crippen molar-refractivity contribution in [2.75, 3.05) is 45.2 Å². The van der Waals surface area contributed by atoms with Gasteiger partial charge in [-0.15, -0.1) is 0 Å². The number of nitrogens with zero attached hydrogens (tertiary/aromatic N) is 4. The Morgan fingerprint density at radius 2 is 2.07 bits per heavy atom. The van der Waals surface area contributed by atoms with E-state index in [1.165, 1.54) is 0 Å². The number of anilines is 1. The van der Waals surface area contributed by atoms with Crippen LogP contribution in [0.2, 0.25) is 0 Å². The van der Waals surface area contributed by atoms with Crippen LogP contribution in [0.1, 0.15) is 52.1 Å². The molecule has 30 heavy (non-hydrogen) atoms. The summed E-state index contributed by atoms with van der Waals surface area (Å²) in [6.45, 7) is 6.79. The number of methoxy groups -OCH3 is 1. The first kappa shape index (κ1) is 20.6. The summed E-state index contributed by atoms with van der Waals surface area (Å²) < 4.78 is 7.01. The van der Waals surface area contributed by atoms with Crippen molar-refractivity contribution in [3.8, 4) is 0 Å². The monoisotopic (exact) mass is 411 g/mol. The smallest absolute Gasteiger partial charge is 0.257 e. The van der Waals surface area contributed by atoms with Gasteiger partial charge in [-0.1, -0.05) is 19.1 Å². The first-order chi connectivity index (χ1) is 14.6. The fourth-order valence-corrected chi connectivity index (χ4v) is 4.36. The van der Waals surface area contributed by atoms with E-state index in [1.54, 1.807) is 24.3 Å². The number of aromatic nitrogens is 2. The lowest BCUT2D eigenvalue weighted by atomic mass is 10.0. The Hall–Kier alpha value is -2.71. The molecule has 1 saturated heterocycles. The standard InChI is InChI=1S/C22H29N5O3/c1-3-25-11-8-17(9-12-25)27-19(7-10-23-27)24-21(28)18-6-4-5-16-15-26(13-14-30-2)22(29)20(16)18/h4-7,10,17H,3,8-9,11-15H2,1-2H3,(H,24,28). The Kier molecular flexibility index (Phi) is 6.15. The number of piperidine rings is 1. The summed E-state index contributed by atoms with van der Waals surface area (Å²) in [6.07, 6.45) is 3.73. The molecule has 0 unspecified atom stereocenters. The molecule has 4 rings (SSSR count). The minimum absolute atomic E-state index is 0.117. The van der Waals surface area contributed by atoms with Gasteiger partial charge < -0.3 is 19.9 Å². The molecule has 0 spiro atoms. The summed E-state index contributed by atoms with van der Waals surface area (Å²) in [5.41, 5.74) is 1.78. The average molecular weight is 412 g/mol. The molecular formula is C22H29N5O3. The molecule has 0 bridgehead atoms. The molecule has 0 radical (unpaired) electrons. The molecular weight excluding hydrogens is 382 g/mol. The highest BCUT2D eigenvalue weighted by molar-refractivity contribution is 6.13. The maximum Gasteiger partial charge on any atom is 0.257 e. The quantitative estimate of drug-likeness (QED) is 0.757. The van der Waals surface area contributed by atoms with Crippen molar-refractivity contribution >= 4 is 17.6 Å². The second-order valence-electron chi connectivity index (χ2n) is 7.84. The molecule has 0 atom stereocenters. The van der Waals surface area contributed by atoms with Crippen molar-refractivity contribution < 1.29 is 14.3 Å². The van der Waals surface area contributed by atoms with Crippen LogP contribution in [-0.2, 0) is 11.3 Å². The number of fused-ring (bicyclic) bond motifs is 1. The van der Waals surface area contributed by atoms with Crippen LogP contribution in [0.3, 0.4) is 0 Å². The number of ether oxygens (including phenoxy) is 1. The van der Waals surface area contributed by atoms with Crippen molar-refractivity contribution in [2.24, 2.45) is 0 Å². The van der Waals surface area contributed by atoms with Crippen molar-refractivity contribution in [3.63, 3.8) is 0 Å². The van der Waals surface area contributed by atoms with Gasteiger partial charge in [-0.2, -0.15) is 5.10 Å². The van der Waals surface area contributed by atoms with E-state index in [-0.39, 0.29) is 17.9 Å². The van der Waals surface area contributed by atoms with Gasteiger partial charge in [-0.3, -0.25) is 9.59 Å². The minimum atomic E-state index is -0.276. The predicted molar refractivity (Wildman–Crippen MR) is 114 cm³/mol. The lowest BCUT2D eigenvalue weighted by Crippen LogP contribution is -2.35. The molecule has 0 saturated carbocycles. The van der Waals surface area contributed by atoms with Crippen LogP contribution in [-0.4, -0.2) is 71.3 Å². The van der Waals surface area contributed by atoms with Crippen molar-refractivity contribution in [1.29, 1.82) is 0 Å². The van der Waals surface area contributed by atoms with Crippen molar-refractivity contribution in [2.45, 2.75) is 32.4 Å². The summed E-state index contributed by atoms with van der Waals surface area (Å²) in [7, 11) is 1.61. The first-order valence-electron chi connectivity index (χ1n) is 10.6. The molecule has 1 fully saturated rings. The third-order valence-corrected chi connectivity index (χ3v) is 6.09. The van der Waals surface area contributed by atoms with E-state index in [4.69, 9.17) is 4.74 Å². The number of carbonyl (C=O) groups is 2. The van der Waals surface area contributed by atoms with Crippen LogP contribution >= 0.6 is 0 Å². The van der Waals surface area contributed by atoms with Gasteiger partial charge in [-0.25, -0.2) is 4.68 Å². The summed E-state index contributed by atoms with van der Waals surface area (Å²) in [5, 5.41) is 7.46. The molecule has 2 aliphatic rings. The van der Waals surface area contributed by atoms with E-state index in [0.29, 0.717) is 36.6 Å². The summed E-state index contributed by atoms with van der Waals surface area (Å²) in [6, 6.07) is 7.54. The fraction of sp³-hybridized carbons (Fsp3) is 0.500. The number of rotatable bonds is 7. The second-order valence-corrected chi connectivity index (χ2v) is 7.84. The highest BCUT2D eigenvalue weighted by Gasteiger charge is 2.32. The molecule has 8 nitrogen and oxygen atoms in total. The maximum atomic E-state index is 13.1. The van der Waals surface area contributed by atoms with Crippen molar-refractivity contribution in [3.05, 3.63) is 47.2 Å². The van der Waals surface area contributed by atoms with Crippen LogP contribution in [0.4, 0.5) is 5.82 Å². The van der Waals surface area contributed by atoms with Crippen LogP contribution < -0.4 is 5.32 Å². The predicted octanol–water partition coefficient (Wildman–Crippen LogP) is 2.39. The number of benzene rings is 1. The SMILES string of the molecule is CCN1CCC(n2nccc2NC(=O)c2cccc3c2C(=O)N(CCOC)C3)CC1. The first-order valence-corrected chi connectivity index (χ1v) is 10.6. The van der Waals surface area contributed by atoms with Gasteiger partial charge in [0.05, 0.1) is 30.0 Å². The summed E-state index contributed by atoms with van der Waals surface area (Å²) in [4.78, 5) is 30.1. The minimum Gasteiger partial charge on any atom is -0.383 e. The van der Waals surface area contributed by atoms with Gasteiger partial charge in [0, 0.05) is 39.4 Å². The largest absolute Gasteiger partial charge is 0.383 e. The Bertz CT molecular complexity index is 917. The highest BCUT2D eigenvalue weighted by atomic mass is 16.5. The Balaban J connectivity index is 1.50. The number of likely N-dealkylation sites (tertiary alicyclic amines) is 1. The fourth-order valence-electron chi connectivity index (χ4n) is 4.36. The van der Waals surface area contributed by atoms with Gasteiger partial charge >= 0.3 is 0 Å². The zero-order valence-corrected chi connectivity index (χ0v) is 17.6. The van der Waals surface area contributed by atoms with E-state index in [9.17, 15) is 9.59 Å². The van der Waals surface area contributed by atoms with Gasteiger partial charge in [0.25, 0.3) is 11.8 Å². The van der Waals surface area contributed by atoms with Crippen molar-refractivity contribution in [1.82, 2.24) is 19.6 Å². The molecule has 3 heterocycles. The van der Waals surface area contributed by atoms with Gasteiger partial charge in [0.2, 0.25) is 0 Å². The van der Waals surface area contributed by atoms with Crippen LogP contribution in [0.5, 0.6) is 0 Å². The molecule has 160 valence electrons. The highest BCUT2D eigenvalue weighted by Crippen LogP contribution is 2.28. The van der Waals surface area contributed by atoms with Gasteiger partial charge in [-0.05, 0) is 31.0 Å². The number of hydrogen-bond acceptors (Lipinski definition) is 5. The number of hydrogen-bond donors (Lipinski definition) is 1. The third-order valence-electron chi connectivity index (χ3n) is 6.09. The van der Waals surface area contributed by atoms with E-state index >= 15 is 0 Å². The Morgan fingerprint density at radius 1 is 1.27 bits per heavy atom. The second kappa shape index (κ2) is 8.97. The Labute approximate surface area is 176 Å². The average Bonchev–Trinajstić information content (AvgIpc) is 3.36.